The van der Waals surface area contributed by atoms with E-state index in [0.29, 0.717) is 0 Å². The molecule has 0 heterocycles. The van der Waals surface area contributed by atoms with Crippen LogP contribution in [0.3, 0.4) is 0 Å². The van der Waals surface area contributed by atoms with Crippen molar-refractivity contribution < 1.29 is 0 Å². The van der Waals surface area contributed by atoms with Gasteiger partial charge >= 0.3 is 0 Å². The van der Waals surface area contributed by atoms with Gasteiger partial charge in [0.2, 0.25) is 0 Å². The highest BCUT2D eigenvalue weighted by molar-refractivity contribution is 5.90. The average Bonchev–Trinajstić information content (AvgIpc) is 2.67. The Morgan fingerprint density at radius 1 is 1.04 bits per heavy atom. The van der Waals surface area contributed by atoms with E-state index in [1.54, 1.807) is 0 Å². The van der Waals surface area contributed by atoms with Gasteiger partial charge in [-0.1, -0.05) is 86.4 Å². The van der Waals surface area contributed by atoms with Gasteiger partial charge in [0.1, 0.15) is 0 Å². The predicted octanol–water partition coefficient (Wildman–Crippen LogP) is 8.15. The summed E-state index contributed by atoms with van der Waals surface area (Å²) in [5.74, 6) is 0. The summed E-state index contributed by atoms with van der Waals surface area (Å²) in [5.41, 5.74) is 9.60. The smallest absolute Gasteiger partial charge is 0.00313 e. The Morgan fingerprint density at radius 2 is 1.70 bits per heavy atom. The summed E-state index contributed by atoms with van der Waals surface area (Å²) in [6.07, 6.45) is 14.4. The van der Waals surface area contributed by atoms with Gasteiger partial charge in [0.15, 0.2) is 0 Å². The zero-order valence-electron chi connectivity index (χ0n) is 17.3. The average molecular weight is 357 g/mol. The first-order valence-corrected chi connectivity index (χ1v) is 9.85. The van der Waals surface area contributed by atoms with Crippen molar-refractivity contribution in [1.82, 2.24) is 0 Å². The molecule has 0 radical (unpaired) electrons. The Balaban J connectivity index is 2.68. The normalized spacial score (nSPS) is 15.9. The predicted molar refractivity (Wildman–Crippen MR) is 122 cm³/mol. The van der Waals surface area contributed by atoms with E-state index in [-0.39, 0.29) is 0 Å². The molecule has 0 fully saturated rings. The molecule has 0 amide bonds. The molecule has 0 aliphatic heterocycles. The SMILES string of the molecule is C=C(C)/C(C(=C)/C=C/C(=C/C)CC)=C(\C1=CCCC=C1C)c1ccccc1. The molecule has 140 valence electrons. The van der Waals surface area contributed by atoms with Crippen LogP contribution in [0, 0.1) is 0 Å². The molecule has 0 N–H and O–H groups in total. The molecule has 2 rings (SSSR count). The van der Waals surface area contributed by atoms with E-state index in [2.05, 4.69) is 102 Å². The number of benzene rings is 1. The fraction of sp³-hybridized carbons (Fsp3) is 0.259. The van der Waals surface area contributed by atoms with Crippen LogP contribution in [0.1, 0.15) is 52.5 Å². The molecule has 0 saturated carbocycles. The van der Waals surface area contributed by atoms with Crippen molar-refractivity contribution in [1.29, 1.82) is 0 Å². The van der Waals surface area contributed by atoms with E-state index in [9.17, 15) is 0 Å². The molecule has 27 heavy (non-hydrogen) atoms. The molecule has 1 aromatic rings. The van der Waals surface area contributed by atoms with Crippen LogP contribution in [0.25, 0.3) is 5.57 Å². The molecule has 1 aliphatic carbocycles. The van der Waals surface area contributed by atoms with Gasteiger partial charge in [0.25, 0.3) is 0 Å². The first-order valence-electron chi connectivity index (χ1n) is 9.85. The number of hydrogen-bond donors (Lipinski definition) is 0. The van der Waals surface area contributed by atoms with Crippen LogP contribution in [0.5, 0.6) is 0 Å². The fourth-order valence-electron chi connectivity index (χ4n) is 3.49. The van der Waals surface area contributed by atoms with E-state index in [1.807, 2.05) is 0 Å². The number of rotatable bonds is 7. The van der Waals surface area contributed by atoms with Crippen molar-refractivity contribution >= 4 is 5.57 Å². The van der Waals surface area contributed by atoms with Gasteiger partial charge in [0.05, 0.1) is 0 Å². The molecule has 0 aromatic heterocycles. The van der Waals surface area contributed by atoms with Crippen LogP contribution in [0.2, 0.25) is 0 Å². The van der Waals surface area contributed by atoms with Crippen LogP contribution in [-0.2, 0) is 0 Å². The van der Waals surface area contributed by atoms with Crippen molar-refractivity contribution in [3.8, 4) is 0 Å². The minimum absolute atomic E-state index is 1.01. The summed E-state index contributed by atoms with van der Waals surface area (Å²) < 4.78 is 0. The summed E-state index contributed by atoms with van der Waals surface area (Å²) in [4.78, 5) is 0. The molecule has 0 bridgehead atoms. The maximum Gasteiger partial charge on any atom is -0.00313 e. The van der Waals surface area contributed by atoms with Gasteiger partial charge < -0.3 is 0 Å². The lowest BCUT2D eigenvalue weighted by Gasteiger charge is -2.22. The van der Waals surface area contributed by atoms with Crippen molar-refractivity contribution in [3.05, 3.63) is 113 Å². The fourth-order valence-corrected chi connectivity index (χ4v) is 3.49. The van der Waals surface area contributed by atoms with Crippen LogP contribution in [0.4, 0.5) is 0 Å². The second-order valence-electron chi connectivity index (χ2n) is 7.05. The molecular weight excluding hydrogens is 324 g/mol. The molecule has 1 aromatic carbocycles. The van der Waals surface area contributed by atoms with Crippen molar-refractivity contribution in [3.63, 3.8) is 0 Å². The van der Waals surface area contributed by atoms with Gasteiger partial charge in [-0.2, -0.15) is 0 Å². The van der Waals surface area contributed by atoms with Gasteiger partial charge in [-0.25, -0.2) is 0 Å². The monoisotopic (exact) mass is 356 g/mol. The van der Waals surface area contributed by atoms with E-state index in [0.717, 1.165) is 36.0 Å². The highest BCUT2D eigenvalue weighted by Gasteiger charge is 2.18. The van der Waals surface area contributed by atoms with E-state index in [4.69, 9.17) is 0 Å². The van der Waals surface area contributed by atoms with Crippen LogP contribution >= 0.6 is 0 Å². The van der Waals surface area contributed by atoms with Gasteiger partial charge in [0, 0.05) is 0 Å². The minimum atomic E-state index is 1.01. The van der Waals surface area contributed by atoms with Crippen molar-refractivity contribution in [2.75, 3.05) is 0 Å². The largest absolute Gasteiger partial charge is 0.0955 e. The lowest BCUT2D eigenvalue weighted by molar-refractivity contribution is 1.00. The molecular formula is C27H32. The number of hydrogen-bond acceptors (Lipinski definition) is 0. The Labute approximate surface area is 165 Å². The second kappa shape index (κ2) is 9.92. The van der Waals surface area contributed by atoms with Crippen LogP contribution < -0.4 is 0 Å². The standard InChI is InChI=1S/C27H32/c1-7-23(8-2)19-18-22(6)26(20(3)4)27(24-15-10-9-11-16-24)25-17-13-12-14-21(25)5/h7,9-11,14-19H,3,6,8,12-13H2,1-2,4-5H3/b19-18+,23-7+,27-26+. The zero-order valence-corrected chi connectivity index (χ0v) is 17.3. The Morgan fingerprint density at radius 3 is 2.26 bits per heavy atom. The van der Waals surface area contributed by atoms with Crippen molar-refractivity contribution in [2.45, 2.75) is 47.0 Å². The van der Waals surface area contributed by atoms with Gasteiger partial charge in [-0.05, 0) is 79.0 Å². The molecule has 0 atom stereocenters. The minimum Gasteiger partial charge on any atom is -0.0955 e. The maximum atomic E-state index is 4.40. The molecule has 1 aliphatic rings. The van der Waals surface area contributed by atoms with Gasteiger partial charge in [-0.15, -0.1) is 0 Å². The first-order chi connectivity index (χ1) is 13.0. The summed E-state index contributed by atoms with van der Waals surface area (Å²) in [6, 6.07) is 10.6. The van der Waals surface area contributed by atoms with E-state index < -0.39 is 0 Å². The zero-order chi connectivity index (χ0) is 19.8. The molecule has 0 spiro atoms. The van der Waals surface area contributed by atoms with Gasteiger partial charge in [-0.3, -0.25) is 0 Å². The summed E-state index contributed by atoms with van der Waals surface area (Å²) in [7, 11) is 0. The summed E-state index contributed by atoms with van der Waals surface area (Å²) in [6.45, 7) is 17.2. The highest BCUT2D eigenvalue weighted by atomic mass is 14.2. The van der Waals surface area contributed by atoms with Crippen LogP contribution in [-0.4, -0.2) is 0 Å². The lowest BCUT2D eigenvalue weighted by Crippen LogP contribution is -2.02. The lowest BCUT2D eigenvalue weighted by atomic mass is 9.82. The Bertz CT molecular complexity index is 849. The topological polar surface area (TPSA) is 0 Å². The van der Waals surface area contributed by atoms with Crippen LogP contribution in [0.15, 0.2) is 107 Å². The molecule has 0 heteroatoms. The highest BCUT2D eigenvalue weighted by Crippen LogP contribution is 2.38. The maximum absolute atomic E-state index is 4.40. The summed E-state index contributed by atoms with van der Waals surface area (Å²) in [5, 5.41) is 0. The first kappa shape index (κ1) is 20.7. The third kappa shape index (κ3) is 5.20. The molecule has 0 unspecified atom stereocenters. The third-order valence-electron chi connectivity index (χ3n) is 5.00. The third-order valence-corrected chi connectivity index (χ3v) is 5.00. The Kier molecular flexibility index (Phi) is 7.61. The van der Waals surface area contributed by atoms with E-state index >= 15 is 0 Å². The van der Waals surface area contributed by atoms with Crippen molar-refractivity contribution in [2.24, 2.45) is 0 Å². The molecule has 0 nitrogen and oxygen atoms in total. The van der Waals surface area contributed by atoms with E-state index in [1.165, 1.54) is 27.9 Å². The Hall–Kier alpha value is -2.60. The quantitative estimate of drug-likeness (QED) is 0.432. The molecule has 0 saturated heterocycles. The summed E-state index contributed by atoms with van der Waals surface area (Å²) >= 11 is 0. The second-order valence-corrected chi connectivity index (χ2v) is 7.05. The number of allylic oxidation sites excluding steroid dienone is 12.